The van der Waals surface area contributed by atoms with Gasteiger partial charge in [-0.05, 0) is 18.9 Å². The zero-order chi connectivity index (χ0) is 8.39. The van der Waals surface area contributed by atoms with E-state index in [0.717, 1.165) is 18.8 Å². The maximum absolute atomic E-state index is 11.0. The maximum Gasteiger partial charge on any atom is 0.249 e. The van der Waals surface area contributed by atoms with Gasteiger partial charge < -0.3 is 9.88 Å². The van der Waals surface area contributed by atoms with Gasteiger partial charge in [-0.2, -0.15) is 0 Å². The average Bonchev–Trinajstić information content (AvgIpc) is 2.56. The molecule has 0 unspecified atom stereocenters. The van der Waals surface area contributed by atoms with E-state index in [1.165, 1.54) is 12.8 Å². The maximum atomic E-state index is 11.0. The molecule has 64 valence electrons. The van der Waals surface area contributed by atoms with Crippen LogP contribution >= 0.6 is 0 Å². The zero-order valence-corrected chi connectivity index (χ0v) is 6.92. The van der Waals surface area contributed by atoms with E-state index in [0.29, 0.717) is 0 Å². The van der Waals surface area contributed by atoms with E-state index in [2.05, 4.69) is 9.88 Å². The number of anilines is 1. The number of aromatic amines is 1. The summed E-state index contributed by atoms with van der Waals surface area (Å²) in [5.41, 5.74) is 1.04. The summed E-state index contributed by atoms with van der Waals surface area (Å²) in [5.74, 6) is 0. The van der Waals surface area contributed by atoms with Crippen LogP contribution in [0.4, 0.5) is 5.69 Å². The van der Waals surface area contributed by atoms with Gasteiger partial charge in [-0.15, -0.1) is 0 Å². The first-order valence-electron chi connectivity index (χ1n) is 4.30. The molecule has 1 aromatic heterocycles. The molecule has 1 aromatic rings. The molecule has 1 N–H and O–H groups in total. The van der Waals surface area contributed by atoms with E-state index in [1.54, 1.807) is 12.3 Å². The summed E-state index contributed by atoms with van der Waals surface area (Å²) in [4.78, 5) is 15.8. The van der Waals surface area contributed by atoms with Crippen LogP contribution in [0.3, 0.4) is 0 Å². The topological polar surface area (TPSA) is 36.1 Å². The predicted molar refractivity (Wildman–Crippen MR) is 48.5 cm³/mol. The number of H-pyrrole nitrogens is 1. The van der Waals surface area contributed by atoms with Crippen LogP contribution in [0.2, 0.25) is 0 Å². The number of nitrogens with zero attached hydrogens (tertiary/aromatic N) is 1. The lowest BCUT2D eigenvalue weighted by Gasteiger charge is -2.16. The van der Waals surface area contributed by atoms with Crippen molar-refractivity contribution >= 4 is 5.69 Å². The van der Waals surface area contributed by atoms with Crippen molar-refractivity contribution in [3.8, 4) is 0 Å². The molecule has 0 saturated carbocycles. The molecule has 12 heavy (non-hydrogen) atoms. The highest BCUT2D eigenvalue weighted by Crippen LogP contribution is 2.16. The number of hydrogen-bond donors (Lipinski definition) is 1. The molecule has 0 amide bonds. The van der Waals surface area contributed by atoms with E-state index in [1.807, 2.05) is 6.07 Å². The Morgan fingerprint density at radius 3 is 2.75 bits per heavy atom. The summed E-state index contributed by atoms with van der Waals surface area (Å²) >= 11 is 0. The van der Waals surface area contributed by atoms with Crippen LogP contribution in [0.15, 0.2) is 23.1 Å². The second-order valence-corrected chi connectivity index (χ2v) is 3.11. The first-order valence-corrected chi connectivity index (χ1v) is 4.30. The molecule has 1 saturated heterocycles. The number of aromatic nitrogens is 1. The SMILES string of the molecule is O=c1cc(N2CCCC2)cc[nH]1. The molecule has 1 aliphatic heterocycles. The summed E-state index contributed by atoms with van der Waals surface area (Å²) in [6.45, 7) is 2.17. The van der Waals surface area contributed by atoms with E-state index < -0.39 is 0 Å². The molecule has 2 rings (SSSR count). The molecule has 1 aliphatic rings. The Labute approximate surface area is 71.0 Å². The molecule has 0 radical (unpaired) electrons. The first kappa shape index (κ1) is 7.40. The molecule has 0 aromatic carbocycles. The van der Waals surface area contributed by atoms with Crippen LogP contribution in [-0.2, 0) is 0 Å². The van der Waals surface area contributed by atoms with E-state index in [9.17, 15) is 4.79 Å². The van der Waals surface area contributed by atoms with Gasteiger partial charge in [-0.3, -0.25) is 4.79 Å². The van der Waals surface area contributed by atoms with Gasteiger partial charge in [0, 0.05) is 31.0 Å². The van der Waals surface area contributed by atoms with Crippen molar-refractivity contribution in [3.05, 3.63) is 28.7 Å². The van der Waals surface area contributed by atoms with E-state index in [-0.39, 0.29) is 5.56 Å². The fraction of sp³-hybridized carbons (Fsp3) is 0.444. The van der Waals surface area contributed by atoms with Crippen LogP contribution in [0.25, 0.3) is 0 Å². The lowest BCUT2D eigenvalue weighted by molar-refractivity contribution is 0.949. The Hall–Kier alpha value is -1.25. The van der Waals surface area contributed by atoms with Gasteiger partial charge in [-0.1, -0.05) is 0 Å². The Bertz CT molecular complexity index is 312. The van der Waals surface area contributed by atoms with Gasteiger partial charge in [0.2, 0.25) is 5.56 Å². The second-order valence-electron chi connectivity index (χ2n) is 3.11. The standard InChI is InChI=1S/C9H12N2O/c12-9-7-8(3-4-10-9)11-5-1-2-6-11/h3-4,7H,1-2,5-6H2,(H,10,12). The lowest BCUT2D eigenvalue weighted by atomic mass is 10.4. The Balaban J connectivity index is 2.27. The molecular weight excluding hydrogens is 152 g/mol. The minimum atomic E-state index is -0.0144. The van der Waals surface area contributed by atoms with Gasteiger partial charge in [0.25, 0.3) is 0 Å². The van der Waals surface area contributed by atoms with Crippen molar-refractivity contribution in [2.75, 3.05) is 18.0 Å². The van der Waals surface area contributed by atoms with Gasteiger partial charge >= 0.3 is 0 Å². The Kier molecular flexibility index (Phi) is 1.86. The second kappa shape index (κ2) is 3.01. The molecule has 0 aliphatic carbocycles. The van der Waals surface area contributed by atoms with Crippen molar-refractivity contribution in [2.24, 2.45) is 0 Å². The lowest BCUT2D eigenvalue weighted by Crippen LogP contribution is -2.19. The Morgan fingerprint density at radius 2 is 2.08 bits per heavy atom. The molecule has 0 atom stereocenters. The molecule has 2 heterocycles. The van der Waals surface area contributed by atoms with Crippen molar-refractivity contribution in [1.29, 1.82) is 0 Å². The molecule has 1 fully saturated rings. The number of hydrogen-bond acceptors (Lipinski definition) is 2. The highest BCUT2D eigenvalue weighted by atomic mass is 16.1. The van der Waals surface area contributed by atoms with Crippen LogP contribution in [0, 0.1) is 0 Å². The van der Waals surface area contributed by atoms with Gasteiger partial charge in [0.15, 0.2) is 0 Å². The normalized spacial score (nSPS) is 16.8. The quantitative estimate of drug-likeness (QED) is 0.671. The van der Waals surface area contributed by atoms with Crippen LogP contribution in [0.5, 0.6) is 0 Å². The average molecular weight is 164 g/mol. The fourth-order valence-electron chi connectivity index (χ4n) is 1.61. The number of pyridine rings is 1. The highest BCUT2D eigenvalue weighted by molar-refractivity contribution is 5.45. The van der Waals surface area contributed by atoms with E-state index >= 15 is 0 Å². The van der Waals surface area contributed by atoms with Crippen molar-refractivity contribution in [1.82, 2.24) is 4.98 Å². The number of rotatable bonds is 1. The Morgan fingerprint density at radius 1 is 1.33 bits per heavy atom. The summed E-state index contributed by atoms with van der Waals surface area (Å²) < 4.78 is 0. The highest BCUT2D eigenvalue weighted by Gasteiger charge is 2.11. The van der Waals surface area contributed by atoms with E-state index in [4.69, 9.17) is 0 Å². The summed E-state index contributed by atoms with van der Waals surface area (Å²) in [7, 11) is 0. The minimum absolute atomic E-state index is 0.0144. The summed E-state index contributed by atoms with van der Waals surface area (Å²) in [6, 6.07) is 3.61. The third kappa shape index (κ3) is 1.35. The fourth-order valence-corrected chi connectivity index (χ4v) is 1.61. The predicted octanol–water partition coefficient (Wildman–Crippen LogP) is 0.975. The van der Waals surface area contributed by atoms with Gasteiger partial charge in [0.05, 0.1) is 0 Å². The van der Waals surface area contributed by atoms with Crippen molar-refractivity contribution in [2.45, 2.75) is 12.8 Å². The van der Waals surface area contributed by atoms with Crippen molar-refractivity contribution < 1.29 is 0 Å². The molecular formula is C9H12N2O. The zero-order valence-electron chi connectivity index (χ0n) is 6.92. The molecule has 3 heteroatoms. The van der Waals surface area contributed by atoms with Crippen LogP contribution in [0.1, 0.15) is 12.8 Å². The largest absolute Gasteiger partial charge is 0.371 e. The summed E-state index contributed by atoms with van der Waals surface area (Å²) in [5, 5.41) is 0. The van der Waals surface area contributed by atoms with Crippen LogP contribution < -0.4 is 10.5 Å². The molecule has 3 nitrogen and oxygen atoms in total. The smallest absolute Gasteiger partial charge is 0.249 e. The molecule has 0 spiro atoms. The number of nitrogens with one attached hydrogen (secondary N) is 1. The minimum Gasteiger partial charge on any atom is -0.371 e. The summed E-state index contributed by atoms with van der Waals surface area (Å²) in [6.07, 6.45) is 4.19. The van der Waals surface area contributed by atoms with Crippen LogP contribution in [-0.4, -0.2) is 18.1 Å². The van der Waals surface area contributed by atoms with Gasteiger partial charge in [-0.25, -0.2) is 0 Å². The third-order valence-corrected chi connectivity index (χ3v) is 2.23. The first-order chi connectivity index (χ1) is 5.86. The van der Waals surface area contributed by atoms with Crippen molar-refractivity contribution in [3.63, 3.8) is 0 Å². The monoisotopic (exact) mass is 164 g/mol. The third-order valence-electron chi connectivity index (χ3n) is 2.23. The molecule has 0 bridgehead atoms. The van der Waals surface area contributed by atoms with Gasteiger partial charge in [0.1, 0.15) is 0 Å².